The Hall–Kier alpha value is -6.24. The molecule has 0 bridgehead atoms. The number of nitrogens with zero attached hydrogens (tertiary/aromatic N) is 4. The van der Waals surface area contributed by atoms with E-state index in [0.717, 1.165) is 72.5 Å². The second-order valence-corrected chi connectivity index (χ2v) is 21.8. The molecule has 6 aromatic carbocycles. The number of imidazole rings is 1. The Morgan fingerprint density at radius 3 is 2.10 bits per heavy atom. The molecule has 0 amide bonds. The summed E-state index contributed by atoms with van der Waals surface area (Å²) < 4.78 is 17.8. The summed E-state index contributed by atoms with van der Waals surface area (Å²) in [6, 6.07) is 58.1. The summed E-state index contributed by atoms with van der Waals surface area (Å²) in [5.74, 6) is -0.00942. The summed E-state index contributed by atoms with van der Waals surface area (Å²) in [5, 5.41) is 3.26. The number of pyridine rings is 2. The second-order valence-electron chi connectivity index (χ2n) is 16.7. The van der Waals surface area contributed by atoms with Crippen LogP contribution in [0.4, 0.5) is 0 Å². The predicted octanol–water partition coefficient (Wildman–Crippen LogP) is 13.6. The van der Waals surface area contributed by atoms with E-state index in [1.807, 2.05) is 105 Å². The SMILES string of the molecule is Cc1ccc2c(n1)oc1c(-c3nc4ccccc4n3-c3c(C)cc(-c4ccccc4)cc3C)[c-]ccc12.[2H]C(C)(c1ccccc1)c1cc(-c2[c-]cccc2)ncc1[Si](C)(C)C.[Ir]. The van der Waals surface area contributed by atoms with Crippen LogP contribution in [0.5, 0.6) is 0 Å². The molecule has 1 radical (unpaired) electrons. The van der Waals surface area contributed by atoms with Crippen molar-refractivity contribution in [1.29, 1.82) is 0 Å². The maximum atomic E-state index is 9.17. The fourth-order valence-electron chi connectivity index (χ4n) is 8.31. The van der Waals surface area contributed by atoms with E-state index in [9.17, 15) is 1.37 Å². The number of para-hydroxylation sites is 2. The van der Waals surface area contributed by atoms with Gasteiger partial charge in [0.1, 0.15) is 0 Å². The number of fused-ring (bicyclic) bond motifs is 4. The van der Waals surface area contributed by atoms with Crippen LogP contribution in [0.2, 0.25) is 19.6 Å². The van der Waals surface area contributed by atoms with Crippen molar-refractivity contribution in [2.45, 2.75) is 53.2 Å². The van der Waals surface area contributed by atoms with Gasteiger partial charge < -0.3 is 14.0 Å². The molecule has 0 aliphatic heterocycles. The number of rotatable bonds is 7. The number of hydrogen-bond donors (Lipinski definition) is 0. The Morgan fingerprint density at radius 2 is 1.39 bits per heavy atom. The first-order chi connectivity index (χ1) is 29.9. The van der Waals surface area contributed by atoms with E-state index >= 15 is 0 Å². The summed E-state index contributed by atoms with van der Waals surface area (Å²) >= 11 is 0. The maximum absolute atomic E-state index is 9.17. The van der Waals surface area contributed by atoms with E-state index < -0.39 is 14.0 Å². The van der Waals surface area contributed by atoms with Crippen molar-refractivity contribution in [3.8, 4) is 39.5 Å². The van der Waals surface area contributed by atoms with Crippen LogP contribution in [-0.4, -0.2) is 27.6 Å². The van der Waals surface area contributed by atoms with Crippen LogP contribution < -0.4 is 5.19 Å². The molecule has 4 heterocycles. The molecule has 0 aliphatic rings. The van der Waals surface area contributed by atoms with Gasteiger partial charge in [-0.2, -0.15) is 0 Å². The molecule has 62 heavy (non-hydrogen) atoms. The number of aryl methyl sites for hydroxylation is 3. The van der Waals surface area contributed by atoms with Gasteiger partial charge in [0.2, 0.25) is 5.71 Å². The van der Waals surface area contributed by atoms with Gasteiger partial charge in [0.25, 0.3) is 0 Å². The van der Waals surface area contributed by atoms with Crippen molar-refractivity contribution in [2.24, 2.45) is 0 Å². The quantitative estimate of drug-likeness (QED) is 0.118. The third-order valence-corrected chi connectivity index (χ3v) is 13.4. The summed E-state index contributed by atoms with van der Waals surface area (Å²) in [5.41, 5.74) is 14.9. The van der Waals surface area contributed by atoms with Crippen LogP contribution in [0.3, 0.4) is 0 Å². The zero-order valence-electron chi connectivity index (χ0n) is 37.0. The molecule has 1 unspecified atom stereocenters. The van der Waals surface area contributed by atoms with Crippen molar-refractivity contribution in [1.82, 2.24) is 19.5 Å². The van der Waals surface area contributed by atoms with Crippen LogP contribution >= 0.6 is 0 Å². The normalized spacial score (nSPS) is 12.7. The summed E-state index contributed by atoms with van der Waals surface area (Å²) in [6.45, 7) is 15.2. The van der Waals surface area contributed by atoms with Gasteiger partial charge in [-0.25, -0.2) is 4.98 Å². The first-order valence-electron chi connectivity index (χ1n) is 21.3. The van der Waals surface area contributed by atoms with Crippen LogP contribution in [0.1, 0.15) is 42.1 Å². The molecule has 0 spiro atoms. The van der Waals surface area contributed by atoms with E-state index in [1.54, 1.807) is 0 Å². The average Bonchev–Trinajstić information content (AvgIpc) is 3.85. The van der Waals surface area contributed by atoms with Crippen molar-refractivity contribution >= 4 is 46.4 Å². The molecule has 0 saturated heterocycles. The molecule has 309 valence electrons. The molecule has 5 nitrogen and oxygen atoms in total. The third-order valence-electron chi connectivity index (χ3n) is 11.4. The summed E-state index contributed by atoms with van der Waals surface area (Å²) in [7, 11) is -1.64. The molecule has 0 N–H and O–H groups in total. The van der Waals surface area contributed by atoms with Gasteiger partial charge in [-0.05, 0) is 101 Å². The first kappa shape index (κ1) is 41.1. The zero-order chi connectivity index (χ0) is 43.2. The molecular weight excluding hydrogens is 953 g/mol. The first-order valence-corrected chi connectivity index (χ1v) is 24.3. The van der Waals surface area contributed by atoms with Gasteiger partial charge in [-0.3, -0.25) is 4.98 Å². The Kier molecular flexibility index (Phi) is 11.7. The number of benzene rings is 6. The van der Waals surface area contributed by atoms with E-state index in [-0.39, 0.29) is 20.1 Å². The van der Waals surface area contributed by atoms with Crippen molar-refractivity contribution in [3.05, 3.63) is 198 Å². The Bertz CT molecular complexity index is 3210. The van der Waals surface area contributed by atoms with Gasteiger partial charge in [0.15, 0.2) is 0 Å². The van der Waals surface area contributed by atoms with Crippen molar-refractivity contribution < 1.29 is 25.9 Å². The van der Waals surface area contributed by atoms with Crippen LogP contribution in [0, 0.1) is 32.9 Å². The van der Waals surface area contributed by atoms with E-state index in [4.69, 9.17) is 14.4 Å². The Labute approximate surface area is 380 Å². The van der Waals surface area contributed by atoms with Gasteiger partial charge in [0.05, 0.1) is 30.5 Å². The summed E-state index contributed by atoms with van der Waals surface area (Å²) in [6.07, 6.45) is 1.99. The van der Waals surface area contributed by atoms with E-state index in [0.29, 0.717) is 5.71 Å². The molecule has 10 rings (SSSR count). The average molecular weight is 1000 g/mol. The fraction of sp³-hybridized carbons (Fsp3) is 0.145. The third kappa shape index (κ3) is 8.24. The predicted molar refractivity (Wildman–Crippen MR) is 256 cm³/mol. The molecule has 0 fully saturated rings. The number of furan rings is 1. The van der Waals surface area contributed by atoms with Crippen molar-refractivity contribution in [3.63, 3.8) is 0 Å². The van der Waals surface area contributed by atoms with Crippen LogP contribution in [-0.2, 0) is 20.1 Å². The van der Waals surface area contributed by atoms with Crippen LogP contribution in [0.25, 0.3) is 72.6 Å². The Morgan fingerprint density at radius 1 is 0.694 bits per heavy atom. The minimum absolute atomic E-state index is 0. The standard InChI is InChI=1S/C33H24N3O.C22H24NSi.Ir/c1-20-18-24(23-10-5-4-6-11-23)19-21(2)30(20)36-29-15-8-7-14-28(29)35-32(36)27-13-9-12-25-26-17-16-22(3)34-33(26)37-31(25)27;1-17(18-11-7-5-8-12-18)20-15-21(19-13-9-6-10-14-19)23-16-22(20)24(2,3)4;/h4-12,14-19H,1-3H3;5-13,15-17H,1-4H3;/q2*-1;/i;17D;. The molecule has 0 saturated carbocycles. The van der Waals surface area contributed by atoms with Gasteiger partial charge >= 0.3 is 0 Å². The number of aromatic nitrogens is 4. The minimum atomic E-state index is -1.64. The molecule has 0 aliphatic carbocycles. The molecule has 4 aromatic heterocycles. The van der Waals surface area contributed by atoms with Gasteiger partial charge in [-0.1, -0.05) is 116 Å². The topological polar surface area (TPSA) is 56.7 Å². The second kappa shape index (κ2) is 17.6. The Balaban J connectivity index is 0.000000184. The fourth-order valence-corrected chi connectivity index (χ4v) is 9.83. The monoisotopic (exact) mass is 1000 g/mol. The van der Waals surface area contributed by atoms with E-state index in [2.05, 4.69) is 122 Å². The number of hydrogen-bond acceptors (Lipinski definition) is 4. The zero-order valence-corrected chi connectivity index (χ0v) is 39.4. The van der Waals surface area contributed by atoms with E-state index in [1.165, 1.54) is 27.4 Å². The van der Waals surface area contributed by atoms with Crippen molar-refractivity contribution in [2.75, 3.05) is 0 Å². The molecule has 1 atom stereocenters. The summed E-state index contributed by atoms with van der Waals surface area (Å²) in [4.78, 5) is 14.4. The maximum Gasteiger partial charge on any atom is 0.216 e. The minimum Gasteiger partial charge on any atom is -0.486 e. The van der Waals surface area contributed by atoms with Gasteiger partial charge in [0, 0.05) is 50.3 Å². The largest absolute Gasteiger partial charge is 0.486 e. The van der Waals surface area contributed by atoms with Crippen LogP contribution in [0.15, 0.2) is 162 Å². The van der Waals surface area contributed by atoms with Gasteiger partial charge in [-0.15, -0.1) is 54.1 Å². The smallest absolute Gasteiger partial charge is 0.216 e. The molecular formula is C55H48IrN4OSi-2. The molecule has 7 heteroatoms. The molecule has 10 aromatic rings.